The first-order valence-electron chi connectivity index (χ1n) is 6.75. The highest BCUT2D eigenvalue weighted by Crippen LogP contribution is 2.30. The summed E-state index contributed by atoms with van der Waals surface area (Å²) in [4.78, 5) is 13.9. The van der Waals surface area contributed by atoms with E-state index in [4.69, 9.17) is 0 Å². The van der Waals surface area contributed by atoms with Crippen LogP contribution >= 0.6 is 0 Å². The zero-order chi connectivity index (χ0) is 13.9. The Morgan fingerprint density at radius 2 is 2.05 bits per heavy atom. The molecule has 2 rings (SSSR count). The summed E-state index contributed by atoms with van der Waals surface area (Å²) in [5.74, 6) is -0.0760. The van der Waals surface area contributed by atoms with E-state index in [1.807, 2.05) is 37.4 Å². The lowest BCUT2D eigenvalue weighted by Crippen LogP contribution is -2.54. The van der Waals surface area contributed by atoms with Crippen molar-refractivity contribution in [2.45, 2.75) is 18.4 Å². The average Bonchev–Trinajstić information content (AvgIpc) is 3.20. The summed E-state index contributed by atoms with van der Waals surface area (Å²) >= 11 is 0. The molecule has 1 aliphatic rings. The largest absolute Gasteiger partial charge is 0.480 e. The number of nitrogens with zero attached hydrogens (tertiary/aromatic N) is 1. The van der Waals surface area contributed by atoms with Gasteiger partial charge < -0.3 is 15.3 Å². The van der Waals surface area contributed by atoms with Gasteiger partial charge in [-0.25, -0.2) is 4.79 Å². The lowest BCUT2D eigenvalue weighted by molar-refractivity contribution is -0.146. The van der Waals surface area contributed by atoms with E-state index < -0.39 is 11.5 Å². The number of carbonyl (C=O) groups is 1. The van der Waals surface area contributed by atoms with Crippen molar-refractivity contribution < 1.29 is 9.90 Å². The minimum absolute atomic E-state index is 0.472. The van der Waals surface area contributed by atoms with Gasteiger partial charge in [-0.2, -0.15) is 0 Å². The van der Waals surface area contributed by atoms with Gasteiger partial charge in [-0.15, -0.1) is 0 Å². The predicted molar refractivity (Wildman–Crippen MR) is 75.0 cm³/mol. The quantitative estimate of drug-likeness (QED) is 0.782. The number of hydrogen-bond donors (Lipinski definition) is 2. The normalized spacial score (nSPS) is 18.3. The van der Waals surface area contributed by atoms with E-state index in [0.29, 0.717) is 6.54 Å². The van der Waals surface area contributed by atoms with E-state index in [2.05, 4.69) is 10.2 Å². The molecule has 1 saturated carbocycles. The summed E-state index contributed by atoms with van der Waals surface area (Å²) in [6.07, 6.45) is 2.55. The molecule has 19 heavy (non-hydrogen) atoms. The van der Waals surface area contributed by atoms with E-state index >= 15 is 0 Å². The fraction of sp³-hybridized carbons (Fsp3) is 0.533. The van der Waals surface area contributed by atoms with Crippen LogP contribution in [0.25, 0.3) is 0 Å². The smallest absolute Gasteiger partial charge is 0.329 e. The van der Waals surface area contributed by atoms with E-state index in [0.717, 1.165) is 18.0 Å². The molecule has 0 spiro atoms. The third-order valence-electron chi connectivity index (χ3n) is 3.83. The molecule has 0 heterocycles. The zero-order valence-corrected chi connectivity index (χ0v) is 11.6. The van der Waals surface area contributed by atoms with Crippen LogP contribution in [0.15, 0.2) is 30.3 Å². The molecule has 4 nitrogen and oxygen atoms in total. The Balaban J connectivity index is 2.20. The van der Waals surface area contributed by atoms with Gasteiger partial charge in [-0.3, -0.25) is 0 Å². The maximum atomic E-state index is 11.8. The van der Waals surface area contributed by atoms with Gasteiger partial charge in [0.1, 0.15) is 0 Å². The van der Waals surface area contributed by atoms with Gasteiger partial charge in [-0.05, 0) is 38.4 Å². The third kappa shape index (κ3) is 3.14. The standard InChI is InChI=1S/C15H22N2O2/c1-16-15(14(18)19,13-6-4-3-5-7-13)11-17(2)10-12-8-9-12/h3-7,12,16H,8-11H2,1-2H3,(H,18,19). The van der Waals surface area contributed by atoms with E-state index in [9.17, 15) is 9.90 Å². The molecule has 0 aromatic heterocycles. The number of likely N-dealkylation sites (N-methyl/N-ethyl adjacent to an activating group) is 2. The summed E-state index contributed by atoms with van der Waals surface area (Å²) in [6.45, 7) is 1.45. The van der Waals surface area contributed by atoms with Crippen LogP contribution in [-0.4, -0.2) is 43.2 Å². The molecule has 1 aromatic rings. The molecule has 1 fully saturated rings. The fourth-order valence-corrected chi connectivity index (χ4v) is 2.55. The highest BCUT2D eigenvalue weighted by molar-refractivity contribution is 5.81. The number of carboxylic acids is 1. The first kappa shape index (κ1) is 14.0. The van der Waals surface area contributed by atoms with Gasteiger partial charge in [0.25, 0.3) is 0 Å². The fourth-order valence-electron chi connectivity index (χ4n) is 2.55. The van der Waals surface area contributed by atoms with Gasteiger partial charge in [0, 0.05) is 13.1 Å². The molecular weight excluding hydrogens is 240 g/mol. The monoisotopic (exact) mass is 262 g/mol. The summed E-state index contributed by atoms with van der Waals surface area (Å²) in [7, 11) is 3.71. The van der Waals surface area contributed by atoms with Crippen LogP contribution in [0, 0.1) is 5.92 Å². The van der Waals surface area contributed by atoms with Crippen LogP contribution in [-0.2, 0) is 10.3 Å². The molecule has 2 N–H and O–H groups in total. The van der Waals surface area contributed by atoms with E-state index in [-0.39, 0.29) is 0 Å². The molecular formula is C15H22N2O2. The van der Waals surface area contributed by atoms with Crippen molar-refractivity contribution in [3.8, 4) is 0 Å². The number of rotatable bonds is 7. The van der Waals surface area contributed by atoms with Crippen molar-refractivity contribution in [2.75, 3.05) is 27.2 Å². The number of benzene rings is 1. The molecule has 1 unspecified atom stereocenters. The van der Waals surface area contributed by atoms with Crippen molar-refractivity contribution in [3.63, 3.8) is 0 Å². The highest BCUT2D eigenvalue weighted by Gasteiger charge is 2.40. The molecule has 1 atom stereocenters. The van der Waals surface area contributed by atoms with Crippen molar-refractivity contribution in [1.29, 1.82) is 0 Å². The predicted octanol–water partition coefficient (Wildman–Crippen LogP) is 1.53. The van der Waals surface area contributed by atoms with Crippen LogP contribution in [0.3, 0.4) is 0 Å². The first-order valence-corrected chi connectivity index (χ1v) is 6.75. The van der Waals surface area contributed by atoms with Gasteiger partial charge in [-0.1, -0.05) is 30.3 Å². The molecule has 0 amide bonds. The molecule has 4 heteroatoms. The molecule has 104 valence electrons. The van der Waals surface area contributed by atoms with Crippen molar-refractivity contribution in [1.82, 2.24) is 10.2 Å². The minimum Gasteiger partial charge on any atom is -0.480 e. The molecule has 1 aliphatic carbocycles. The van der Waals surface area contributed by atoms with Crippen LogP contribution in [0.1, 0.15) is 18.4 Å². The molecule has 1 aromatic carbocycles. The summed E-state index contributed by atoms with van der Waals surface area (Å²) in [5, 5.41) is 12.7. The van der Waals surface area contributed by atoms with Gasteiger partial charge in [0.15, 0.2) is 5.54 Å². The Kier molecular flexibility index (Phi) is 4.22. The molecule has 0 bridgehead atoms. The Morgan fingerprint density at radius 1 is 1.42 bits per heavy atom. The Labute approximate surface area is 114 Å². The second kappa shape index (κ2) is 5.72. The Bertz CT molecular complexity index is 431. The lowest BCUT2D eigenvalue weighted by Gasteiger charge is -2.33. The van der Waals surface area contributed by atoms with Crippen LogP contribution in [0.5, 0.6) is 0 Å². The number of nitrogens with one attached hydrogen (secondary N) is 1. The van der Waals surface area contributed by atoms with Crippen LogP contribution in [0.2, 0.25) is 0 Å². The SMILES string of the molecule is CNC(CN(C)CC1CC1)(C(=O)O)c1ccccc1. The number of aliphatic carboxylic acids is 1. The number of carboxylic acid groups (broad SMARTS) is 1. The maximum absolute atomic E-state index is 11.8. The van der Waals surface area contributed by atoms with E-state index in [1.54, 1.807) is 7.05 Å². The molecule has 0 radical (unpaired) electrons. The molecule has 0 saturated heterocycles. The van der Waals surface area contributed by atoms with E-state index in [1.165, 1.54) is 12.8 Å². The summed E-state index contributed by atoms with van der Waals surface area (Å²) in [6, 6.07) is 9.40. The van der Waals surface area contributed by atoms with Crippen molar-refractivity contribution in [3.05, 3.63) is 35.9 Å². The van der Waals surface area contributed by atoms with Gasteiger partial charge >= 0.3 is 5.97 Å². The van der Waals surface area contributed by atoms with Gasteiger partial charge in [0.05, 0.1) is 0 Å². The van der Waals surface area contributed by atoms with Gasteiger partial charge in [0.2, 0.25) is 0 Å². The van der Waals surface area contributed by atoms with Crippen LogP contribution in [0.4, 0.5) is 0 Å². The lowest BCUT2D eigenvalue weighted by atomic mass is 9.89. The van der Waals surface area contributed by atoms with Crippen molar-refractivity contribution in [2.24, 2.45) is 5.92 Å². The van der Waals surface area contributed by atoms with Crippen LogP contribution < -0.4 is 5.32 Å². The Hall–Kier alpha value is -1.39. The minimum atomic E-state index is -1.04. The third-order valence-corrected chi connectivity index (χ3v) is 3.83. The Morgan fingerprint density at radius 3 is 2.53 bits per heavy atom. The first-order chi connectivity index (χ1) is 9.08. The van der Waals surface area contributed by atoms with Crippen molar-refractivity contribution >= 4 is 5.97 Å². The molecule has 0 aliphatic heterocycles. The number of hydrogen-bond acceptors (Lipinski definition) is 3. The maximum Gasteiger partial charge on any atom is 0.329 e. The summed E-state index contributed by atoms with van der Waals surface area (Å²) < 4.78 is 0. The second-order valence-corrected chi connectivity index (χ2v) is 5.47. The summed E-state index contributed by atoms with van der Waals surface area (Å²) in [5.41, 5.74) is -0.238. The highest BCUT2D eigenvalue weighted by atomic mass is 16.4. The average molecular weight is 262 g/mol. The second-order valence-electron chi connectivity index (χ2n) is 5.47. The topological polar surface area (TPSA) is 52.6 Å². The zero-order valence-electron chi connectivity index (χ0n) is 11.6.